The Morgan fingerprint density at radius 1 is 1.42 bits per heavy atom. The van der Waals surface area contributed by atoms with E-state index in [1.807, 2.05) is 18.2 Å². The molecule has 3 heteroatoms. The van der Waals surface area contributed by atoms with E-state index in [1.165, 1.54) is 0 Å². The number of hydrogen-bond donors (Lipinski definition) is 1. The third kappa shape index (κ3) is 0.580. The fourth-order valence-corrected chi connectivity index (χ4v) is 1.47. The molecule has 58 valence electrons. The van der Waals surface area contributed by atoms with Crippen molar-refractivity contribution in [3.63, 3.8) is 0 Å². The minimum absolute atomic E-state index is 0.904. The summed E-state index contributed by atoms with van der Waals surface area (Å²) in [7, 11) is 0. The number of aromatic amines is 1. The molecule has 3 nitrogen and oxygen atoms in total. The first-order valence-electron chi connectivity index (χ1n) is 3.74. The van der Waals surface area contributed by atoms with Crippen LogP contribution in [0, 0.1) is 0 Å². The lowest BCUT2D eigenvalue weighted by atomic mass is 10.2. The van der Waals surface area contributed by atoms with Gasteiger partial charge in [0.25, 0.3) is 0 Å². The number of rotatable bonds is 0. The predicted molar refractivity (Wildman–Crippen MR) is 45.0 cm³/mol. The normalized spacial score (nSPS) is 11.3. The molecule has 1 aliphatic heterocycles. The molecule has 1 aromatic rings. The molecule has 3 rings (SSSR count). The molecule has 0 spiro atoms. The molecular formula is C9H6N2O. The average Bonchev–Trinajstić information content (AvgIpc) is 2.62. The van der Waals surface area contributed by atoms with Crippen LogP contribution in [0.4, 0.5) is 0 Å². The van der Waals surface area contributed by atoms with Gasteiger partial charge in [0, 0.05) is 5.56 Å². The van der Waals surface area contributed by atoms with E-state index in [0.29, 0.717) is 0 Å². The molecular weight excluding hydrogens is 152 g/mol. The molecule has 0 aromatic carbocycles. The zero-order valence-electron chi connectivity index (χ0n) is 6.24. The van der Waals surface area contributed by atoms with E-state index in [1.54, 1.807) is 12.5 Å². The molecule has 0 atom stereocenters. The van der Waals surface area contributed by atoms with Gasteiger partial charge in [-0.2, -0.15) is 5.10 Å². The van der Waals surface area contributed by atoms with Crippen LogP contribution in [0.5, 0.6) is 0 Å². The van der Waals surface area contributed by atoms with E-state index >= 15 is 0 Å². The number of nitrogens with zero attached hydrogens (tertiary/aromatic N) is 1. The molecule has 0 saturated heterocycles. The summed E-state index contributed by atoms with van der Waals surface area (Å²) in [5.74, 6) is 0.904. The van der Waals surface area contributed by atoms with Crippen LogP contribution < -0.4 is 0 Å². The number of fused-ring (bicyclic) bond motifs is 3. The van der Waals surface area contributed by atoms with Gasteiger partial charge in [-0.1, -0.05) is 0 Å². The van der Waals surface area contributed by atoms with Crippen LogP contribution in [0.1, 0.15) is 0 Å². The Balaban J connectivity index is 2.60. The topological polar surface area (TPSA) is 41.8 Å². The molecule has 0 radical (unpaired) electrons. The largest absolute Gasteiger partial charge is 0.464 e. The highest BCUT2D eigenvalue weighted by Gasteiger charge is 2.11. The Labute approximate surface area is 68.3 Å². The second-order valence-corrected chi connectivity index (χ2v) is 2.74. The lowest BCUT2D eigenvalue weighted by molar-refractivity contribution is 0.571. The maximum Gasteiger partial charge on any atom is 0.144 e. The molecule has 12 heavy (non-hydrogen) atoms. The van der Waals surface area contributed by atoms with Gasteiger partial charge in [-0.3, -0.25) is 5.10 Å². The highest BCUT2D eigenvalue weighted by Crippen LogP contribution is 2.31. The van der Waals surface area contributed by atoms with E-state index < -0.39 is 0 Å². The SMILES string of the molecule is c1coc2c3cn[nH]c3cc-2c1. The first-order chi connectivity index (χ1) is 5.95. The maximum absolute atomic E-state index is 5.36. The summed E-state index contributed by atoms with van der Waals surface area (Å²) in [6.07, 6.45) is 3.45. The molecule has 0 saturated carbocycles. The van der Waals surface area contributed by atoms with E-state index in [4.69, 9.17) is 4.42 Å². The van der Waals surface area contributed by atoms with Gasteiger partial charge < -0.3 is 4.42 Å². The lowest BCUT2D eigenvalue weighted by Crippen LogP contribution is -1.70. The van der Waals surface area contributed by atoms with Crippen LogP contribution in [-0.4, -0.2) is 10.2 Å². The molecule has 1 N–H and O–H groups in total. The molecule has 0 amide bonds. The Kier molecular flexibility index (Phi) is 0.913. The number of H-pyrrole nitrogens is 1. The Morgan fingerprint density at radius 2 is 2.42 bits per heavy atom. The first-order valence-corrected chi connectivity index (χ1v) is 3.74. The molecule has 2 heterocycles. The van der Waals surface area contributed by atoms with Crippen LogP contribution in [0.15, 0.2) is 35.1 Å². The number of hydrogen-bond acceptors (Lipinski definition) is 2. The summed E-state index contributed by atoms with van der Waals surface area (Å²) in [5.41, 5.74) is 2.14. The van der Waals surface area contributed by atoms with Crippen molar-refractivity contribution in [3.05, 3.63) is 30.7 Å². The van der Waals surface area contributed by atoms with Crippen molar-refractivity contribution in [2.75, 3.05) is 0 Å². The van der Waals surface area contributed by atoms with Crippen molar-refractivity contribution < 1.29 is 4.42 Å². The van der Waals surface area contributed by atoms with Gasteiger partial charge in [-0.15, -0.1) is 0 Å². The summed E-state index contributed by atoms with van der Waals surface area (Å²) in [5, 5.41) is 7.87. The second-order valence-electron chi connectivity index (χ2n) is 2.74. The van der Waals surface area contributed by atoms with E-state index in [0.717, 1.165) is 22.2 Å². The summed E-state index contributed by atoms with van der Waals surface area (Å²) < 4.78 is 5.36. The van der Waals surface area contributed by atoms with Crippen LogP contribution in [0.3, 0.4) is 0 Å². The van der Waals surface area contributed by atoms with Crippen molar-refractivity contribution in [2.45, 2.75) is 0 Å². The highest BCUT2D eigenvalue weighted by atomic mass is 16.3. The highest BCUT2D eigenvalue weighted by molar-refractivity contribution is 5.96. The van der Waals surface area contributed by atoms with Crippen molar-refractivity contribution in [1.82, 2.24) is 10.2 Å². The van der Waals surface area contributed by atoms with Crippen LogP contribution >= 0.6 is 0 Å². The fraction of sp³-hybridized carbons (Fsp3) is 0. The number of nitrogens with one attached hydrogen (secondary N) is 1. The van der Waals surface area contributed by atoms with Crippen LogP contribution in [0.25, 0.3) is 22.2 Å². The predicted octanol–water partition coefficient (Wildman–Crippen LogP) is 2.26. The van der Waals surface area contributed by atoms with E-state index in [2.05, 4.69) is 10.2 Å². The standard InChI is InChI=1S/C9H6N2O/c1-2-6-4-8-7(5-10-11-8)9(6)12-3-1/h1-5,11H. The fourth-order valence-electron chi connectivity index (χ4n) is 1.47. The minimum atomic E-state index is 0.904. The van der Waals surface area contributed by atoms with Gasteiger partial charge in [0.15, 0.2) is 0 Å². The van der Waals surface area contributed by atoms with Gasteiger partial charge >= 0.3 is 0 Å². The van der Waals surface area contributed by atoms with Gasteiger partial charge in [-0.25, -0.2) is 0 Å². The summed E-state index contributed by atoms with van der Waals surface area (Å²) >= 11 is 0. The van der Waals surface area contributed by atoms with Gasteiger partial charge in [0.05, 0.1) is 23.4 Å². The summed E-state index contributed by atoms with van der Waals surface area (Å²) in [6, 6.07) is 5.93. The summed E-state index contributed by atoms with van der Waals surface area (Å²) in [6.45, 7) is 0. The maximum atomic E-state index is 5.36. The quantitative estimate of drug-likeness (QED) is 0.545. The van der Waals surface area contributed by atoms with E-state index in [-0.39, 0.29) is 0 Å². The Bertz CT molecular complexity index is 494. The third-order valence-corrected chi connectivity index (χ3v) is 2.02. The summed E-state index contributed by atoms with van der Waals surface area (Å²) in [4.78, 5) is 0. The lowest BCUT2D eigenvalue weighted by Gasteiger charge is -1.93. The third-order valence-electron chi connectivity index (χ3n) is 2.02. The smallest absolute Gasteiger partial charge is 0.144 e. The van der Waals surface area contributed by atoms with Gasteiger partial charge in [-0.05, 0) is 18.2 Å². The first kappa shape index (κ1) is 5.83. The zero-order valence-corrected chi connectivity index (χ0v) is 6.24. The van der Waals surface area contributed by atoms with Crippen molar-refractivity contribution in [2.24, 2.45) is 0 Å². The number of aromatic nitrogens is 2. The zero-order chi connectivity index (χ0) is 7.97. The minimum Gasteiger partial charge on any atom is -0.464 e. The monoisotopic (exact) mass is 158 g/mol. The molecule has 0 bridgehead atoms. The molecule has 2 aliphatic rings. The molecule has 1 aromatic heterocycles. The molecule has 1 aliphatic carbocycles. The Hall–Kier alpha value is -1.77. The van der Waals surface area contributed by atoms with Gasteiger partial charge in [0.2, 0.25) is 0 Å². The molecule has 0 unspecified atom stereocenters. The average molecular weight is 158 g/mol. The van der Waals surface area contributed by atoms with Crippen molar-refractivity contribution in [3.8, 4) is 11.3 Å². The van der Waals surface area contributed by atoms with Crippen molar-refractivity contribution in [1.29, 1.82) is 0 Å². The van der Waals surface area contributed by atoms with E-state index in [9.17, 15) is 0 Å². The molecule has 0 fully saturated rings. The van der Waals surface area contributed by atoms with Crippen LogP contribution in [-0.2, 0) is 0 Å². The van der Waals surface area contributed by atoms with Crippen molar-refractivity contribution >= 4 is 10.9 Å². The van der Waals surface area contributed by atoms with Crippen LogP contribution in [0.2, 0.25) is 0 Å². The Morgan fingerprint density at radius 3 is 3.42 bits per heavy atom. The second kappa shape index (κ2) is 1.88. The van der Waals surface area contributed by atoms with Gasteiger partial charge in [0.1, 0.15) is 5.76 Å².